The molecule has 32 heavy (non-hydrogen) atoms. The number of unbranched alkanes of at least 4 members (excludes halogenated alkanes) is 2. The topological polar surface area (TPSA) is 47.4 Å². The van der Waals surface area contributed by atoms with Crippen molar-refractivity contribution < 1.29 is 22.4 Å². The number of hydrogen-bond donors (Lipinski definition) is 0. The highest BCUT2D eigenvalue weighted by Crippen LogP contribution is 2.49. The van der Waals surface area contributed by atoms with E-state index >= 15 is 0 Å². The van der Waals surface area contributed by atoms with E-state index in [0.717, 1.165) is 29.7 Å². The van der Waals surface area contributed by atoms with Gasteiger partial charge >= 0.3 is 6.61 Å². The molecule has 0 aliphatic carbocycles. The van der Waals surface area contributed by atoms with E-state index in [1.54, 1.807) is 6.07 Å². The van der Waals surface area contributed by atoms with E-state index in [1.165, 1.54) is 18.2 Å². The summed E-state index contributed by atoms with van der Waals surface area (Å²) in [7, 11) is 0. The average Bonchev–Trinajstić information content (AvgIpc) is 3.28. The third-order valence-corrected chi connectivity index (χ3v) is 6.04. The zero-order valence-electron chi connectivity index (χ0n) is 20.4. The number of rotatable bonds is 4. The maximum absolute atomic E-state index is 13.4. The van der Waals surface area contributed by atoms with E-state index in [4.69, 9.17) is 8.85 Å². The van der Waals surface area contributed by atoms with Crippen LogP contribution in [-0.2, 0) is 0 Å². The van der Waals surface area contributed by atoms with Crippen molar-refractivity contribution >= 4 is 16.9 Å². The number of carbonyl (C=O) groups excluding carboxylic acids is 1. The predicted molar refractivity (Wildman–Crippen MR) is 117 cm³/mol. The number of amides is 1. The minimum Gasteiger partial charge on any atom is -0.434 e. The molecule has 2 aromatic carbocycles. The van der Waals surface area contributed by atoms with Crippen LogP contribution >= 0.6 is 0 Å². The summed E-state index contributed by atoms with van der Waals surface area (Å²) in [5.41, 5.74) is 2.37. The van der Waals surface area contributed by atoms with Gasteiger partial charge in [0.1, 0.15) is 11.6 Å². The molecule has 3 heterocycles. The zero-order chi connectivity index (χ0) is 24.9. The molecule has 2 aliphatic heterocycles. The Hall–Kier alpha value is -3.40. The third kappa shape index (κ3) is 3.22. The van der Waals surface area contributed by atoms with Gasteiger partial charge in [0.25, 0.3) is 5.91 Å². The number of ether oxygens (including phenoxy) is 1. The Labute approximate surface area is 189 Å². The van der Waals surface area contributed by atoms with Gasteiger partial charge in [-0.25, -0.2) is 4.98 Å². The second-order valence-corrected chi connectivity index (χ2v) is 7.99. The molecular formula is C25H23F2N3O2. The van der Waals surface area contributed by atoms with Crippen LogP contribution in [0, 0.1) is 11.8 Å². The summed E-state index contributed by atoms with van der Waals surface area (Å²) >= 11 is 0. The lowest BCUT2D eigenvalue weighted by Crippen LogP contribution is -2.30. The Morgan fingerprint density at radius 1 is 1.31 bits per heavy atom. The lowest BCUT2D eigenvalue weighted by atomic mass is 9.97. The number of halogens is 2. The first-order valence-corrected chi connectivity index (χ1v) is 10.6. The smallest absolute Gasteiger partial charge is 0.387 e. The summed E-state index contributed by atoms with van der Waals surface area (Å²) in [4.78, 5) is 18.9. The largest absolute Gasteiger partial charge is 0.434 e. The highest BCUT2D eigenvalue weighted by molar-refractivity contribution is 5.97. The molecular weight excluding hydrogens is 412 g/mol. The van der Waals surface area contributed by atoms with Crippen LogP contribution in [0.3, 0.4) is 0 Å². The summed E-state index contributed by atoms with van der Waals surface area (Å²) in [6, 6.07) is 8.32. The Morgan fingerprint density at radius 3 is 2.97 bits per heavy atom. The van der Waals surface area contributed by atoms with Gasteiger partial charge in [0.05, 0.1) is 23.1 Å². The number of imidazole rings is 1. The molecule has 0 fully saturated rings. The van der Waals surface area contributed by atoms with E-state index < -0.39 is 31.6 Å². The van der Waals surface area contributed by atoms with Crippen molar-refractivity contribution in [3.05, 3.63) is 58.9 Å². The Balaban J connectivity index is 1.73. The standard InChI is InChI=1S/C25H23F2N3O2/c1-3-4-5-6-8-15-11-12-17-18(13-15)30-19-14-20(23(30)28-17)29(2)24(31)16-9-7-10-21(22(16)19)32-25(26)27/h7,9-13,19-20,25H,3-5,14H2,1-2H3/t19-,20-/m1/s1/i2D3. The van der Waals surface area contributed by atoms with Crippen molar-refractivity contribution in [3.63, 3.8) is 0 Å². The minimum absolute atomic E-state index is 0.0368. The van der Waals surface area contributed by atoms with Crippen LogP contribution in [0.25, 0.3) is 11.0 Å². The molecule has 2 aliphatic rings. The average molecular weight is 438 g/mol. The molecule has 164 valence electrons. The molecule has 3 aromatic rings. The molecule has 2 bridgehead atoms. The van der Waals surface area contributed by atoms with E-state index in [0.29, 0.717) is 16.9 Å². The van der Waals surface area contributed by atoms with Crippen LogP contribution in [0.1, 0.15) is 76.1 Å². The van der Waals surface area contributed by atoms with Gasteiger partial charge in [0.2, 0.25) is 0 Å². The van der Waals surface area contributed by atoms with Crippen LogP contribution < -0.4 is 4.74 Å². The Kier molecular flexibility index (Phi) is 4.26. The summed E-state index contributed by atoms with van der Waals surface area (Å²) < 4.78 is 57.4. The molecule has 2 atom stereocenters. The maximum Gasteiger partial charge on any atom is 0.387 e. The summed E-state index contributed by atoms with van der Waals surface area (Å²) in [5, 5.41) is 0. The van der Waals surface area contributed by atoms with E-state index in [2.05, 4.69) is 23.7 Å². The number of aromatic nitrogens is 2. The number of benzene rings is 2. The van der Waals surface area contributed by atoms with Crippen molar-refractivity contribution in [3.8, 4) is 17.6 Å². The van der Waals surface area contributed by atoms with E-state index in [1.807, 2.05) is 16.7 Å². The van der Waals surface area contributed by atoms with Gasteiger partial charge in [-0.1, -0.05) is 31.3 Å². The van der Waals surface area contributed by atoms with Crippen molar-refractivity contribution in [2.75, 3.05) is 6.98 Å². The quantitative estimate of drug-likeness (QED) is 0.410. The maximum atomic E-state index is 13.4. The molecule has 1 amide bonds. The van der Waals surface area contributed by atoms with Crippen molar-refractivity contribution in [2.24, 2.45) is 0 Å². The van der Waals surface area contributed by atoms with Crippen LogP contribution in [0.2, 0.25) is 0 Å². The van der Waals surface area contributed by atoms with E-state index in [9.17, 15) is 13.6 Å². The fourth-order valence-electron chi connectivity index (χ4n) is 4.62. The van der Waals surface area contributed by atoms with Crippen LogP contribution in [0.15, 0.2) is 36.4 Å². The van der Waals surface area contributed by atoms with Crippen LogP contribution in [0.5, 0.6) is 5.75 Å². The fourth-order valence-corrected chi connectivity index (χ4v) is 4.62. The summed E-state index contributed by atoms with van der Waals surface area (Å²) in [6.07, 6.45) is 3.02. The molecule has 5 rings (SSSR count). The van der Waals surface area contributed by atoms with Gasteiger partial charge in [0, 0.05) is 40.6 Å². The minimum atomic E-state index is -3.10. The number of nitrogens with zero attached hydrogens (tertiary/aromatic N) is 3. The predicted octanol–water partition coefficient (Wildman–Crippen LogP) is 5.30. The molecule has 0 saturated carbocycles. The van der Waals surface area contributed by atoms with Crippen molar-refractivity contribution in [1.29, 1.82) is 0 Å². The highest BCUT2D eigenvalue weighted by atomic mass is 19.3. The normalized spacial score (nSPS) is 20.7. The van der Waals surface area contributed by atoms with Crippen molar-refractivity contribution in [2.45, 2.75) is 51.3 Å². The molecule has 1 aromatic heterocycles. The molecule has 0 N–H and O–H groups in total. The zero-order valence-corrected chi connectivity index (χ0v) is 17.4. The summed E-state index contributed by atoms with van der Waals surface area (Å²) in [5.74, 6) is 5.81. The first-order valence-electron chi connectivity index (χ1n) is 12.1. The van der Waals surface area contributed by atoms with Crippen LogP contribution in [-0.4, -0.2) is 33.9 Å². The first kappa shape index (κ1) is 17.2. The molecule has 0 spiro atoms. The number of alkyl halides is 2. The second kappa shape index (κ2) is 7.94. The SMILES string of the molecule is [2H]C([2H])([2H])N1C(=O)c2cccc(OC(F)F)c2[C@H]2C[C@@H]1c1nc3ccc(C#CCCCC)cc3n12. The molecule has 5 nitrogen and oxygen atoms in total. The monoisotopic (exact) mass is 438 g/mol. The first-order chi connectivity index (χ1) is 16.7. The summed E-state index contributed by atoms with van der Waals surface area (Å²) in [6.45, 7) is -3.75. The highest BCUT2D eigenvalue weighted by Gasteiger charge is 2.44. The number of fused-ring (bicyclic) bond motifs is 9. The lowest BCUT2D eigenvalue weighted by molar-refractivity contribution is -0.0507. The molecule has 7 heteroatoms. The van der Waals surface area contributed by atoms with Gasteiger partial charge in [-0.3, -0.25) is 4.79 Å². The lowest BCUT2D eigenvalue weighted by Gasteiger charge is -2.24. The Bertz CT molecular complexity index is 1370. The van der Waals surface area contributed by atoms with Gasteiger partial charge in [-0.05, 0) is 36.8 Å². The van der Waals surface area contributed by atoms with Gasteiger partial charge in [-0.2, -0.15) is 8.78 Å². The molecule has 0 saturated heterocycles. The fraction of sp³-hybridized carbons (Fsp3) is 0.360. The number of hydrogen-bond acceptors (Lipinski definition) is 3. The second-order valence-electron chi connectivity index (χ2n) is 7.99. The van der Waals surface area contributed by atoms with Gasteiger partial charge < -0.3 is 14.2 Å². The third-order valence-electron chi connectivity index (χ3n) is 6.04. The van der Waals surface area contributed by atoms with Gasteiger partial charge in [0.15, 0.2) is 0 Å². The van der Waals surface area contributed by atoms with Crippen molar-refractivity contribution in [1.82, 2.24) is 14.5 Å². The van der Waals surface area contributed by atoms with Crippen LogP contribution in [0.4, 0.5) is 8.78 Å². The number of carbonyl (C=O) groups is 1. The Morgan fingerprint density at radius 2 is 2.19 bits per heavy atom. The van der Waals surface area contributed by atoms with E-state index in [-0.39, 0.29) is 23.3 Å². The van der Waals surface area contributed by atoms with Gasteiger partial charge in [-0.15, -0.1) is 0 Å². The molecule has 0 radical (unpaired) electrons. The molecule has 0 unspecified atom stereocenters.